The maximum atomic E-state index is 6.10. The Morgan fingerprint density at radius 3 is 2.05 bits per heavy atom. The average molecular weight is 322 g/mol. The van der Waals surface area contributed by atoms with Gasteiger partial charge < -0.3 is 9.80 Å². The van der Waals surface area contributed by atoms with Crippen molar-refractivity contribution in [1.82, 2.24) is 9.80 Å². The lowest BCUT2D eigenvalue weighted by Crippen LogP contribution is -2.48. The number of halogens is 1. The van der Waals surface area contributed by atoms with E-state index in [0.717, 1.165) is 18.1 Å². The molecule has 0 atom stereocenters. The van der Waals surface area contributed by atoms with Crippen molar-refractivity contribution in [3.05, 3.63) is 29.3 Å². The molecule has 0 radical (unpaired) electrons. The van der Waals surface area contributed by atoms with Gasteiger partial charge in [0, 0.05) is 50.0 Å². The van der Waals surface area contributed by atoms with Gasteiger partial charge in [-0.05, 0) is 44.1 Å². The molecule has 0 saturated carbocycles. The Labute approximate surface area is 139 Å². The Kier molecular flexibility index (Phi) is 5.99. The van der Waals surface area contributed by atoms with Crippen LogP contribution >= 0.6 is 11.6 Å². The highest BCUT2D eigenvalue weighted by molar-refractivity contribution is 6.30. The van der Waals surface area contributed by atoms with Gasteiger partial charge in [0.2, 0.25) is 0 Å². The SMILES string of the molecule is Clc1cccc(N2CCN(CCN3CCCCCC3)CC2)c1. The summed E-state index contributed by atoms with van der Waals surface area (Å²) >= 11 is 6.10. The molecule has 3 nitrogen and oxygen atoms in total. The first-order valence-electron chi connectivity index (χ1n) is 8.76. The summed E-state index contributed by atoms with van der Waals surface area (Å²) < 4.78 is 0. The van der Waals surface area contributed by atoms with Crippen LogP contribution in [0.25, 0.3) is 0 Å². The van der Waals surface area contributed by atoms with E-state index in [9.17, 15) is 0 Å². The number of anilines is 1. The quantitative estimate of drug-likeness (QED) is 0.842. The van der Waals surface area contributed by atoms with E-state index in [1.807, 2.05) is 12.1 Å². The Bertz CT molecular complexity index is 449. The third kappa shape index (κ3) is 4.61. The first kappa shape index (κ1) is 16.1. The minimum atomic E-state index is 0.834. The van der Waals surface area contributed by atoms with Gasteiger partial charge in [-0.2, -0.15) is 0 Å². The predicted molar refractivity (Wildman–Crippen MR) is 95.0 cm³/mol. The first-order valence-corrected chi connectivity index (χ1v) is 9.14. The van der Waals surface area contributed by atoms with Crippen molar-refractivity contribution in [3.63, 3.8) is 0 Å². The smallest absolute Gasteiger partial charge is 0.0426 e. The van der Waals surface area contributed by atoms with E-state index >= 15 is 0 Å². The summed E-state index contributed by atoms with van der Waals surface area (Å²) in [5.74, 6) is 0. The maximum Gasteiger partial charge on any atom is 0.0426 e. The van der Waals surface area contributed by atoms with E-state index in [1.54, 1.807) is 0 Å². The monoisotopic (exact) mass is 321 g/mol. The summed E-state index contributed by atoms with van der Waals surface area (Å²) in [5, 5.41) is 0.834. The average Bonchev–Trinajstić information content (AvgIpc) is 2.82. The Hall–Kier alpha value is -0.770. The van der Waals surface area contributed by atoms with Gasteiger partial charge in [0.15, 0.2) is 0 Å². The minimum Gasteiger partial charge on any atom is -0.369 e. The molecule has 2 saturated heterocycles. The normalized spacial score (nSPS) is 21.8. The molecule has 1 aromatic rings. The highest BCUT2D eigenvalue weighted by atomic mass is 35.5. The largest absolute Gasteiger partial charge is 0.369 e. The van der Waals surface area contributed by atoms with Crippen LogP contribution in [0, 0.1) is 0 Å². The van der Waals surface area contributed by atoms with Gasteiger partial charge in [0.1, 0.15) is 0 Å². The van der Waals surface area contributed by atoms with Crippen molar-refractivity contribution in [1.29, 1.82) is 0 Å². The van der Waals surface area contributed by atoms with Crippen molar-refractivity contribution in [2.45, 2.75) is 25.7 Å². The van der Waals surface area contributed by atoms with Crippen LogP contribution in [0.2, 0.25) is 5.02 Å². The lowest BCUT2D eigenvalue weighted by atomic mass is 10.2. The van der Waals surface area contributed by atoms with Gasteiger partial charge in [0.05, 0.1) is 0 Å². The molecular formula is C18H28ClN3. The predicted octanol–water partition coefficient (Wildman–Crippen LogP) is 3.34. The van der Waals surface area contributed by atoms with E-state index in [2.05, 4.69) is 26.8 Å². The van der Waals surface area contributed by atoms with Crippen LogP contribution in [0.1, 0.15) is 25.7 Å². The zero-order valence-corrected chi connectivity index (χ0v) is 14.3. The third-order valence-electron chi connectivity index (χ3n) is 4.98. The minimum absolute atomic E-state index is 0.834. The van der Waals surface area contributed by atoms with Gasteiger partial charge in [-0.25, -0.2) is 0 Å². The summed E-state index contributed by atoms with van der Waals surface area (Å²) in [4.78, 5) is 7.73. The number of hydrogen-bond acceptors (Lipinski definition) is 3. The van der Waals surface area contributed by atoms with Crippen molar-refractivity contribution < 1.29 is 0 Å². The fourth-order valence-corrected chi connectivity index (χ4v) is 3.73. The van der Waals surface area contributed by atoms with Crippen LogP contribution in [0.4, 0.5) is 5.69 Å². The lowest BCUT2D eigenvalue weighted by molar-refractivity contribution is 0.200. The van der Waals surface area contributed by atoms with Crippen LogP contribution in [-0.2, 0) is 0 Å². The molecule has 122 valence electrons. The molecule has 2 heterocycles. The van der Waals surface area contributed by atoms with Gasteiger partial charge in [-0.3, -0.25) is 4.90 Å². The molecule has 0 spiro atoms. The highest BCUT2D eigenvalue weighted by Gasteiger charge is 2.18. The zero-order chi connectivity index (χ0) is 15.2. The molecular weight excluding hydrogens is 294 g/mol. The second kappa shape index (κ2) is 8.19. The van der Waals surface area contributed by atoms with Crippen molar-refractivity contribution in [2.75, 3.05) is 57.3 Å². The number of nitrogens with zero attached hydrogens (tertiary/aromatic N) is 3. The van der Waals surface area contributed by atoms with E-state index in [0.29, 0.717) is 0 Å². The van der Waals surface area contributed by atoms with Crippen LogP contribution in [-0.4, -0.2) is 62.2 Å². The lowest BCUT2D eigenvalue weighted by Gasteiger charge is -2.37. The molecule has 4 heteroatoms. The van der Waals surface area contributed by atoms with E-state index in [1.165, 1.54) is 70.6 Å². The van der Waals surface area contributed by atoms with Crippen LogP contribution in [0.5, 0.6) is 0 Å². The highest BCUT2D eigenvalue weighted by Crippen LogP contribution is 2.20. The molecule has 0 aromatic heterocycles. The summed E-state index contributed by atoms with van der Waals surface area (Å²) in [6.07, 6.45) is 5.63. The molecule has 2 aliphatic heterocycles. The van der Waals surface area contributed by atoms with E-state index in [-0.39, 0.29) is 0 Å². The van der Waals surface area contributed by atoms with E-state index < -0.39 is 0 Å². The van der Waals surface area contributed by atoms with Gasteiger partial charge in [-0.15, -0.1) is 0 Å². The van der Waals surface area contributed by atoms with Crippen LogP contribution in [0.15, 0.2) is 24.3 Å². The molecule has 0 amide bonds. The number of benzene rings is 1. The van der Waals surface area contributed by atoms with Crippen LogP contribution < -0.4 is 4.90 Å². The number of piperazine rings is 1. The number of hydrogen-bond donors (Lipinski definition) is 0. The summed E-state index contributed by atoms with van der Waals surface area (Å²) in [6, 6.07) is 8.24. The second-order valence-corrected chi connectivity index (χ2v) is 7.00. The number of likely N-dealkylation sites (tertiary alicyclic amines) is 1. The number of rotatable bonds is 4. The Morgan fingerprint density at radius 1 is 0.773 bits per heavy atom. The molecule has 2 aliphatic rings. The molecule has 0 bridgehead atoms. The maximum absolute atomic E-state index is 6.10. The van der Waals surface area contributed by atoms with Gasteiger partial charge in [0.25, 0.3) is 0 Å². The summed E-state index contributed by atoms with van der Waals surface area (Å²) in [5.41, 5.74) is 1.26. The van der Waals surface area contributed by atoms with Crippen molar-refractivity contribution in [3.8, 4) is 0 Å². The Balaban J connectivity index is 1.41. The van der Waals surface area contributed by atoms with Crippen LogP contribution in [0.3, 0.4) is 0 Å². The topological polar surface area (TPSA) is 9.72 Å². The molecule has 0 aliphatic carbocycles. The molecule has 22 heavy (non-hydrogen) atoms. The second-order valence-electron chi connectivity index (χ2n) is 6.56. The van der Waals surface area contributed by atoms with Gasteiger partial charge >= 0.3 is 0 Å². The fraction of sp³-hybridized carbons (Fsp3) is 0.667. The molecule has 3 rings (SSSR count). The molecule has 0 unspecified atom stereocenters. The molecule has 2 fully saturated rings. The van der Waals surface area contributed by atoms with Crippen molar-refractivity contribution in [2.24, 2.45) is 0 Å². The summed E-state index contributed by atoms with van der Waals surface area (Å²) in [7, 11) is 0. The van der Waals surface area contributed by atoms with Gasteiger partial charge in [-0.1, -0.05) is 30.5 Å². The zero-order valence-electron chi connectivity index (χ0n) is 13.5. The van der Waals surface area contributed by atoms with E-state index in [4.69, 9.17) is 11.6 Å². The molecule has 0 N–H and O–H groups in total. The summed E-state index contributed by atoms with van der Waals surface area (Å²) in [6.45, 7) is 9.65. The van der Waals surface area contributed by atoms with Crippen molar-refractivity contribution >= 4 is 17.3 Å². The third-order valence-corrected chi connectivity index (χ3v) is 5.21. The Morgan fingerprint density at radius 2 is 1.41 bits per heavy atom. The fourth-order valence-electron chi connectivity index (χ4n) is 3.55. The standard InChI is InChI=1S/C18H28ClN3/c19-17-6-5-7-18(16-17)22-14-12-21(13-15-22)11-10-20-8-3-1-2-4-9-20/h5-7,16H,1-4,8-15H2. The molecule has 1 aromatic carbocycles. The first-order chi connectivity index (χ1) is 10.8.